The van der Waals surface area contributed by atoms with Gasteiger partial charge in [0.2, 0.25) is 5.91 Å². The summed E-state index contributed by atoms with van der Waals surface area (Å²) in [7, 11) is 0. The number of hydrogen-bond donors (Lipinski definition) is 2. The molecule has 0 radical (unpaired) electrons. The van der Waals surface area contributed by atoms with Crippen molar-refractivity contribution in [1.29, 1.82) is 0 Å². The SMILES string of the molecule is CCCCn1c(S[C@H](C(=O)NC2CC2)c2ccc(F)cc2)n[nH]c1=O. The molecule has 0 unspecified atom stereocenters. The van der Waals surface area contributed by atoms with Crippen LogP contribution >= 0.6 is 11.8 Å². The molecule has 1 atom stereocenters. The number of aromatic nitrogens is 3. The number of hydrogen-bond acceptors (Lipinski definition) is 4. The first kappa shape index (κ1) is 17.7. The third-order valence-corrected chi connectivity index (χ3v) is 5.26. The lowest BCUT2D eigenvalue weighted by atomic mass is 10.1. The second-order valence-corrected chi connectivity index (χ2v) is 7.22. The van der Waals surface area contributed by atoms with Crippen molar-refractivity contribution >= 4 is 17.7 Å². The summed E-state index contributed by atoms with van der Waals surface area (Å²) in [6.07, 6.45) is 3.76. The van der Waals surface area contributed by atoms with E-state index in [1.54, 1.807) is 16.7 Å². The Hall–Kier alpha value is -2.09. The molecule has 0 aliphatic heterocycles. The van der Waals surface area contributed by atoms with Crippen molar-refractivity contribution in [3.8, 4) is 0 Å². The van der Waals surface area contributed by atoms with Crippen molar-refractivity contribution in [3.05, 3.63) is 46.1 Å². The van der Waals surface area contributed by atoms with E-state index >= 15 is 0 Å². The predicted molar refractivity (Wildman–Crippen MR) is 93.9 cm³/mol. The number of nitrogens with one attached hydrogen (secondary N) is 2. The van der Waals surface area contributed by atoms with Gasteiger partial charge in [-0.1, -0.05) is 37.2 Å². The molecular weight excluding hydrogens is 343 g/mol. The molecule has 1 saturated carbocycles. The van der Waals surface area contributed by atoms with Gasteiger partial charge in [-0.05, 0) is 37.0 Å². The van der Waals surface area contributed by atoms with E-state index in [4.69, 9.17) is 0 Å². The number of thioether (sulfide) groups is 1. The van der Waals surface area contributed by atoms with E-state index in [2.05, 4.69) is 15.5 Å². The first-order valence-electron chi connectivity index (χ1n) is 8.46. The number of H-pyrrole nitrogens is 1. The number of rotatable bonds is 8. The van der Waals surface area contributed by atoms with Gasteiger partial charge in [-0.2, -0.15) is 0 Å². The van der Waals surface area contributed by atoms with Gasteiger partial charge in [-0.3, -0.25) is 9.36 Å². The number of aromatic amines is 1. The molecule has 1 aromatic heterocycles. The molecule has 1 amide bonds. The van der Waals surface area contributed by atoms with E-state index < -0.39 is 5.25 Å². The summed E-state index contributed by atoms with van der Waals surface area (Å²) in [5, 5.41) is 9.37. The highest BCUT2D eigenvalue weighted by Gasteiger charge is 2.30. The van der Waals surface area contributed by atoms with Crippen LogP contribution in [0.4, 0.5) is 4.39 Å². The average Bonchev–Trinajstić information content (AvgIpc) is 3.34. The van der Waals surface area contributed by atoms with Crippen molar-refractivity contribution in [1.82, 2.24) is 20.1 Å². The van der Waals surface area contributed by atoms with Gasteiger partial charge in [-0.25, -0.2) is 14.3 Å². The van der Waals surface area contributed by atoms with Crippen LogP contribution in [0.3, 0.4) is 0 Å². The van der Waals surface area contributed by atoms with E-state index in [9.17, 15) is 14.0 Å². The van der Waals surface area contributed by atoms with Gasteiger partial charge in [0.25, 0.3) is 0 Å². The summed E-state index contributed by atoms with van der Waals surface area (Å²) in [5.41, 5.74) is 0.401. The number of nitrogens with zero attached hydrogens (tertiary/aromatic N) is 2. The summed E-state index contributed by atoms with van der Waals surface area (Å²) >= 11 is 1.21. The predicted octanol–water partition coefficient (Wildman–Crippen LogP) is 2.62. The quantitative estimate of drug-likeness (QED) is 0.706. The molecule has 3 rings (SSSR count). The molecular formula is C17H21FN4O2S. The fourth-order valence-electron chi connectivity index (χ4n) is 2.43. The molecule has 6 nitrogen and oxygen atoms in total. The Morgan fingerprint density at radius 2 is 2.16 bits per heavy atom. The van der Waals surface area contributed by atoms with E-state index in [1.165, 1.54) is 23.9 Å². The second kappa shape index (κ2) is 7.86. The monoisotopic (exact) mass is 364 g/mol. The zero-order chi connectivity index (χ0) is 17.8. The molecule has 0 spiro atoms. The van der Waals surface area contributed by atoms with Gasteiger partial charge in [0.05, 0.1) is 0 Å². The molecule has 1 fully saturated rings. The number of amides is 1. The number of carbonyl (C=O) groups is 1. The Morgan fingerprint density at radius 1 is 1.44 bits per heavy atom. The van der Waals surface area contributed by atoms with Crippen molar-refractivity contribution in [2.75, 3.05) is 0 Å². The maximum absolute atomic E-state index is 13.2. The fourth-order valence-corrected chi connectivity index (χ4v) is 3.51. The van der Waals surface area contributed by atoms with Gasteiger partial charge < -0.3 is 5.32 Å². The number of halogens is 1. The van der Waals surface area contributed by atoms with Crippen molar-refractivity contribution < 1.29 is 9.18 Å². The van der Waals surface area contributed by atoms with Crippen LogP contribution in [0.5, 0.6) is 0 Å². The second-order valence-electron chi connectivity index (χ2n) is 6.15. The van der Waals surface area contributed by atoms with Crippen molar-refractivity contribution in [3.63, 3.8) is 0 Å². The largest absolute Gasteiger partial charge is 0.352 e. The van der Waals surface area contributed by atoms with Crippen LogP contribution in [0.1, 0.15) is 43.4 Å². The van der Waals surface area contributed by atoms with Crippen LogP contribution in [-0.4, -0.2) is 26.7 Å². The van der Waals surface area contributed by atoms with Gasteiger partial charge in [0.15, 0.2) is 5.16 Å². The lowest BCUT2D eigenvalue weighted by Gasteiger charge is -2.16. The van der Waals surface area contributed by atoms with E-state index in [0.29, 0.717) is 17.3 Å². The zero-order valence-electron chi connectivity index (χ0n) is 14.0. The molecule has 134 valence electrons. The first-order chi connectivity index (χ1) is 12.1. The maximum atomic E-state index is 13.2. The van der Waals surface area contributed by atoms with Gasteiger partial charge in [0.1, 0.15) is 11.1 Å². The number of benzene rings is 1. The zero-order valence-corrected chi connectivity index (χ0v) is 14.8. The first-order valence-corrected chi connectivity index (χ1v) is 9.34. The molecule has 2 N–H and O–H groups in total. The lowest BCUT2D eigenvalue weighted by molar-refractivity contribution is -0.120. The van der Waals surface area contributed by atoms with Gasteiger partial charge >= 0.3 is 5.69 Å². The minimum absolute atomic E-state index is 0.142. The molecule has 0 bridgehead atoms. The van der Waals surface area contributed by atoms with Crippen LogP contribution in [0.15, 0.2) is 34.2 Å². The number of unbranched alkanes of at least 4 members (excludes halogenated alkanes) is 1. The molecule has 1 aliphatic rings. The summed E-state index contributed by atoms with van der Waals surface area (Å²) in [5.74, 6) is -0.494. The topological polar surface area (TPSA) is 79.8 Å². The standard InChI is InChI=1S/C17H21FN4O2S/c1-2-3-10-22-16(24)20-21-17(22)25-14(15(23)19-13-8-9-13)11-4-6-12(18)7-5-11/h4-7,13-14H,2-3,8-10H2,1H3,(H,19,23)(H,20,24)/t14-/m0/s1. The molecule has 0 saturated heterocycles. The van der Waals surface area contributed by atoms with E-state index in [0.717, 1.165) is 25.7 Å². The summed E-state index contributed by atoms with van der Waals surface area (Å²) < 4.78 is 14.8. The van der Waals surface area contributed by atoms with Crippen LogP contribution in [-0.2, 0) is 11.3 Å². The van der Waals surface area contributed by atoms with Crippen molar-refractivity contribution in [2.45, 2.75) is 55.6 Å². The van der Waals surface area contributed by atoms with Gasteiger partial charge in [0, 0.05) is 12.6 Å². The Bertz CT molecular complexity index is 783. The molecule has 8 heteroatoms. The molecule has 1 heterocycles. The Kier molecular flexibility index (Phi) is 5.57. The highest BCUT2D eigenvalue weighted by atomic mass is 32.2. The average molecular weight is 364 g/mol. The van der Waals surface area contributed by atoms with Crippen LogP contribution < -0.4 is 11.0 Å². The summed E-state index contributed by atoms with van der Waals surface area (Å²) in [4.78, 5) is 24.6. The molecule has 2 aromatic rings. The summed E-state index contributed by atoms with van der Waals surface area (Å²) in [6, 6.07) is 6.09. The lowest BCUT2D eigenvalue weighted by Crippen LogP contribution is -2.30. The maximum Gasteiger partial charge on any atom is 0.343 e. The fraction of sp³-hybridized carbons (Fsp3) is 0.471. The van der Waals surface area contributed by atoms with E-state index in [1.807, 2.05) is 6.92 Å². The summed E-state index contributed by atoms with van der Waals surface area (Å²) in [6.45, 7) is 2.59. The van der Waals surface area contributed by atoms with E-state index in [-0.39, 0.29) is 23.5 Å². The van der Waals surface area contributed by atoms with Crippen molar-refractivity contribution in [2.24, 2.45) is 0 Å². The minimum Gasteiger partial charge on any atom is -0.352 e. The van der Waals surface area contributed by atoms with Crippen LogP contribution in [0.25, 0.3) is 0 Å². The Balaban J connectivity index is 1.85. The smallest absolute Gasteiger partial charge is 0.343 e. The van der Waals surface area contributed by atoms with Crippen LogP contribution in [0, 0.1) is 5.82 Å². The third kappa shape index (κ3) is 4.50. The molecule has 1 aliphatic carbocycles. The third-order valence-electron chi connectivity index (χ3n) is 4.02. The Labute approximate surface area is 149 Å². The molecule has 1 aromatic carbocycles. The Morgan fingerprint density at radius 3 is 2.80 bits per heavy atom. The molecule has 25 heavy (non-hydrogen) atoms. The van der Waals surface area contributed by atoms with Crippen LogP contribution in [0.2, 0.25) is 0 Å². The minimum atomic E-state index is -0.586. The highest BCUT2D eigenvalue weighted by molar-refractivity contribution is 8.00. The number of carbonyl (C=O) groups excluding carboxylic acids is 1. The van der Waals surface area contributed by atoms with Gasteiger partial charge in [-0.15, -0.1) is 5.10 Å². The highest BCUT2D eigenvalue weighted by Crippen LogP contribution is 2.35. The normalized spacial score (nSPS) is 15.1.